The lowest BCUT2D eigenvalue weighted by Gasteiger charge is -2.23. The van der Waals surface area contributed by atoms with Gasteiger partial charge in [-0.05, 0) is 19.0 Å². The van der Waals surface area contributed by atoms with Gasteiger partial charge in [0.15, 0.2) is 9.84 Å². The molecule has 0 saturated carbocycles. The Balaban J connectivity index is 2.47. The van der Waals surface area contributed by atoms with Gasteiger partial charge in [-0.1, -0.05) is 6.58 Å². The Kier molecular flexibility index (Phi) is 3.69. The minimum absolute atomic E-state index is 0.142. The molecule has 0 spiro atoms. The third-order valence-corrected chi connectivity index (χ3v) is 4.34. The summed E-state index contributed by atoms with van der Waals surface area (Å²) in [7, 11) is -0.863. The molecule has 0 aromatic rings. The molecule has 0 aromatic carbocycles. The van der Waals surface area contributed by atoms with Crippen LogP contribution >= 0.6 is 0 Å². The van der Waals surface area contributed by atoms with Crippen LogP contribution in [-0.4, -0.2) is 51.0 Å². The van der Waals surface area contributed by atoms with Gasteiger partial charge in [-0.3, -0.25) is 4.90 Å². The number of nitrogens with zero attached hydrogens (tertiary/aromatic N) is 1. The van der Waals surface area contributed by atoms with Gasteiger partial charge in [-0.25, -0.2) is 8.42 Å². The van der Waals surface area contributed by atoms with Crippen molar-refractivity contribution in [3.8, 4) is 0 Å². The molecule has 0 bridgehead atoms. The molecule has 0 amide bonds. The van der Waals surface area contributed by atoms with Gasteiger partial charge in [-0.15, -0.1) is 0 Å². The van der Waals surface area contributed by atoms with Crippen molar-refractivity contribution >= 4 is 9.84 Å². The summed E-state index contributed by atoms with van der Waals surface area (Å²) in [5.74, 6) is 0.596. The van der Waals surface area contributed by atoms with Gasteiger partial charge < -0.3 is 5.73 Å². The summed E-state index contributed by atoms with van der Waals surface area (Å²) in [4.78, 5) is 2.03. The van der Waals surface area contributed by atoms with Crippen LogP contribution in [0, 0.1) is 0 Å². The summed E-state index contributed by atoms with van der Waals surface area (Å²) in [5, 5.41) is 0. The first-order valence-corrected chi connectivity index (χ1v) is 6.54. The van der Waals surface area contributed by atoms with Crippen LogP contribution in [0.4, 0.5) is 0 Å². The van der Waals surface area contributed by atoms with Crippen molar-refractivity contribution in [2.24, 2.45) is 5.73 Å². The molecule has 4 nitrogen and oxygen atoms in total. The van der Waals surface area contributed by atoms with Gasteiger partial charge in [0.2, 0.25) is 0 Å². The molecule has 1 aliphatic rings. The third kappa shape index (κ3) is 3.08. The zero-order valence-electron chi connectivity index (χ0n) is 8.57. The Morgan fingerprint density at radius 1 is 1.64 bits per heavy atom. The van der Waals surface area contributed by atoms with Crippen molar-refractivity contribution in [3.05, 3.63) is 12.2 Å². The van der Waals surface area contributed by atoms with Gasteiger partial charge in [-0.2, -0.15) is 0 Å². The van der Waals surface area contributed by atoms with Crippen molar-refractivity contribution in [1.82, 2.24) is 4.90 Å². The van der Waals surface area contributed by atoms with E-state index in [1.54, 1.807) is 0 Å². The molecule has 5 heteroatoms. The van der Waals surface area contributed by atoms with E-state index in [9.17, 15) is 8.42 Å². The molecule has 1 saturated heterocycles. The number of hydrogen-bond acceptors (Lipinski definition) is 4. The standard InChI is InChI=1S/C9H18N2O2S/c1-8(5-10)6-11(2)9-3-4-14(12,13)7-9/h9H,1,3-7,10H2,2H3. The highest BCUT2D eigenvalue weighted by Gasteiger charge is 2.30. The fraction of sp³-hybridized carbons (Fsp3) is 0.778. The molecule has 0 aliphatic carbocycles. The summed E-state index contributed by atoms with van der Waals surface area (Å²) in [6.45, 7) is 4.96. The fourth-order valence-corrected chi connectivity index (χ4v) is 3.47. The van der Waals surface area contributed by atoms with Gasteiger partial charge in [0.05, 0.1) is 11.5 Å². The molecule has 1 rings (SSSR count). The zero-order chi connectivity index (χ0) is 10.8. The molecule has 1 unspecified atom stereocenters. The lowest BCUT2D eigenvalue weighted by molar-refractivity contribution is 0.283. The molecule has 0 aromatic heterocycles. The van der Waals surface area contributed by atoms with Crippen molar-refractivity contribution in [2.75, 3.05) is 31.6 Å². The summed E-state index contributed by atoms with van der Waals surface area (Å²) in [5.41, 5.74) is 6.37. The Hall–Kier alpha value is -0.390. The average molecular weight is 218 g/mol. The monoisotopic (exact) mass is 218 g/mol. The molecule has 2 N–H and O–H groups in total. The topological polar surface area (TPSA) is 63.4 Å². The fourth-order valence-electron chi connectivity index (χ4n) is 1.67. The second-order valence-corrected chi connectivity index (χ2v) is 6.15. The highest BCUT2D eigenvalue weighted by molar-refractivity contribution is 7.91. The molecule has 1 aliphatic heterocycles. The molecule has 1 heterocycles. The molecular weight excluding hydrogens is 200 g/mol. The van der Waals surface area contributed by atoms with Crippen LogP contribution in [0.3, 0.4) is 0 Å². The minimum Gasteiger partial charge on any atom is -0.327 e. The molecule has 1 atom stereocenters. The van der Waals surface area contributed by atoms with Gasteiger partial charge in [0.25, 0.3) is 0 Å². The minimum atomic E-state index is -2.79. The second kappa shape index (κ2) is 4.42. The number of likely N-dealkylation sites (N-methyl/N-ethyl adjacent to an activating group) is 1. The van der Waals surface area contributed by atoms with Crippen LogP contribution in [0.2, 0.25) is 0 Å². The Morgan fingerprint density at radius 3 is 2.71 bits per heavy atom. The lowest BCUT2D eigenvalue weighted by atomic mass is 10.2. The van der Waals surface area contributed by atoms with Crippen LogP contribution < -0.4 is 5.73 Å². The zero-order valence-corrected chi connectivity index (χ0v) is 9.39. The lowest BCUT2D eigenvalue weighted by Crippen LogP contribution is -2.35. The first-order chi connectivity index (χ1) is 6.44. The SMILES string of the molecule is C=C(CN)CN(C)C1CCS(=O)(=O)C1. The predicted molar refractivity (Wildman–Crippen MR) is 57.9 cm³/mol. The first kappa shape index (κ1) is 11.7. The predicted octanol–water partition coefficient (Wildman–Crippen LogP) is -0.380. The molecule has 1 fully saturated rings. The maximum absolute atomic E-state index is 11.2. The van der Waals surface area contributed by atoms with E-state index in [1.807, 2.05) is 11.9 Å². The Bertz CT molecular complexity index is 311. The molecule has 82 valence electrons. The van der Waals surface area contributed by atoms with E-state index in [0.717, 1.165) is 12.0 Å². The van der Waals surface area contributed by atoms with E-state index >= 15 is 0 Å². The summed E-state index contributed by atoms with van der Waals surface area (Å²) < 4.78 is 22.5. The van der Waals surface area contributed by atoms with Crippen molar-refractivity contribution in [2.45, 2.75) is 12.5 Å². The second-order valence-electron chi connectivity index (χ2n) is 3.93. The van der Waals surface area contributed by atoms with Gasteiger partial charge in [0, 0.05) is 19.1 Å². The van der Waals surface area contributed by atoms with Gasteiger partial charge >= 0.3 is 0 Å². The van der Waals surface area contributed by atoms with Gasteiger partial charge in [0.1, 0.15) is 0 Å². The summed E-state index contributed by atoms with van der Waals surface area (Å²) in [6.07, 6.45) is 0.733. The maximum atomic E-state index is 11.2. The normalized spacial score (nSPS) is 25.5. The highest BCUT2D eigenvalue weighted by atomic mass is 32.2. The number of hydrogen-bond donors (Lipinski definition) is 1. The van der Waals surface area contributed by atoms with Crippen LogP contribution in [0.5, 0.6) is 0 Å². The number of sulfone groups is 1. The number of nitrogens with two attached hydrogens (primary N) is 1. The van der Waals surface area contributed by atoms with Crippen molar-refractivity contribution in [1.29, 1.82) is 0 Å². The maximum Gasteiger partial charge on any atom is 0.151 e. The van der Waals surface area contributed by atoms with E-state index in [0.29, 0.717) is 18.8 Å². The van der Waals surface area contributed by atoms with E-state index in [4.69, 9.17) is 5.73 Å². The van der Waals surface area contributed by atoms with E-state index < -0.39 is 9.84 Å². The highest BCUT2D eigenvalue weighted by Crippen LogP contribution is 2.16. The summed E-state index contributed by atoms with van der Waals surface area (Å²) in [6, 6.07) is 0.142. The molecule has 0 radical (unpaired) electrons. The van der Waals surface area contributed by atoms with Crippen molar-refractivity contribution in [3.63, 3.8) is 0 Å². The number of rotatable bonds is 4. The first-order valence-electron chi connectivity index (χ1n) is 4.72. The Labute approximate surface area is 85.7 Å². The van der Waals surface area contributed by atoms with E-state index in [2.05, 4.69) is 6.58 Å². The smallest absolute Gasteiger partial charge is 0.151 e. The average Bonchev–Trinajstić information content (AvgIpc) is 2.46. The van der Waals surface area contributed by atoms with Crippen LogP contribution in [0.15, 0.2) is 12.2 Å². The van der Waals surface area contributed by atoms with Crippen LogP contribution in [-0.2, 0) is 9.84 Å². The molecule has 14 heavy (non-hydrogen) atoms. The van der Waals surface area contributed by atoms with Crippen LogP contribution in [0.25, 0.3) is 0 Å². The molecular formula is C9H18N2O2S. The summed E-state index contributed by atoms with van der Waals surface area (Å²) >= 11 is 0. The van der Waals surface area contributed by atoms with E-state index in [-0.39, 0.29) is 11.8 Å². The van der Waals surface area contributed by atoms with Crippen LogP contribution in [0.1, 0.15) is 6.42 Å². The third-order valence-electron chi connectivity index (χ3n) is 2.59. The quantitative estimate of drug-likeness (QED) is 0.653. The van der Waals surface area contributed by atoms with Crippen molar-refractivity contribution < 1.29 is 8.42 Å². The Morgan fingerprint density at radius 2 is 2.29 bits per heavy atom. The van der Waals surface area contributed by atoms with E-state index in [1.165, 1.54) is 0 Å². The largest absolute Gasteiger partial charge is 0.327 e.